The third kappa shape index (κ3) is 6.97. The number of hydrogen-bond acceptors (Lipinski definition) is 9. The molecule has 1 aliphatic heterocycles. The maximum Gasteiger partial charge on any atom is 0.338 e. The van der Waals surface area contributed by atoms with Crippen LogP contribution in [-0.4, -0.2) is 35.8 Å². The van der Waals surface area contributed by atoms with E-state index in [4.69, 9.17) is 18.9 Å². The Morgan fingerprint density at radius 1 is 0.913 bits per heavy atom. The summed E-state index contributed by atoms with van der Waals surface area (Å²) >= 11 is 1.24. The van der Waals surface area contributed by atoms with Gasteiger partial charge in [-0.15, -0.1) is 0 Å². The summed E-state index contributed by atoms with van der Waals surface area (Å²) in [4.78, 5) is 44.6. The highest BCUT2D eigenvalue weighted by Crippen LogP contribution is 2.36. The molecule has 0 spiro atoms. The summed E-state index contributed by atoms with van der Waals surface area (Å²) in [5.74, 6) is 0.252. The number of aromatic nitrogens is 1. The summed E-state index contributed by atoms with van der Waals surface area (Å²) in [5, 5.41) is 0. The summed E-state index contributed by atoms with van der Waals surface area (Å²) in [5.41, 5.74) is 3.18. The van der Waals surface area contributed by atoms with Crippen LogP contribution in [0.15, 0.2) is 93.9 Å². The molecule has 0 bridgehead atoms. The lowest BCUT2D eigenvalue weighted by Crippen LogP contribution is -2.40. The quantitative estimate of drug-likeness (QED) is 0.204. The number of para-hydroxylation sites is 2. The number of hydrogen-bond donors (Lipinski definition) is 0. The van der Waals surface area contributed by atoms with Gasteiger partial charge in [-0.05, 0) is 70.5 Å². The van der Waals surface area contributed by atoms with E-state index in [0.29, 0.717) is 55.4 Å². The van der Waals surface area contributed by atoms with Crippen molar-refractivity contribution in [2.45, 2.75) is 53.4 Å². The minimum Gasteiger partial charge on any atom is -0.491 e. The van der Waals surface area contributed by atoms with Crippen LogP contribution in [0.25, 0.3) is 6.08 Å². The van der Waals surface area contributed by atoms with Crippen molar-refractivity contribution >= 4 is 29.4 Å². The van der Waals surface area contributed by atoms with Crippen molar-refractivity contribution in [3.05, 3.63) is 126 Å². The Balaban J connectivity index is 1.54. The first-order valence-electron chi connectivity index (χ1n) is 15.1. The second-order valence-electron chi connectivity index (χ2n) is 10.8. The van der Waals surface area contributed by atoms with E-state index in [9.17, 15) is 14.4 Å². The van der Waals surface area contributed by atoms with Crippen molar-refractivity contribution in [3.8, 4) is 11.5 Å². The topological polar surface area (TPSA) is 105 Å². The van der Waals surface area contributed by atoms with Crippen LogP contribution in [0.2, 0.25) is 0 Å². The van der Waals surface area contributed by atoms with Crippen LogP contribution in [-0.2, 0) is 20.9 Å². The largest absolute Gasteiger partial charge is 0.491 e. The number of thiazole rings is 1. The minimum absolute atomic E-state index is 0.125. The first-order chi connectivity index (χ1) is 22.2. The van der Waals surface area contributed by atoms with Gasteiger partial charge in [-0.2, -0.15) is 0 Å². The van der Waals surface area contributed by atoms with Gasteiger partial charge in [0.1, 0.15) is 24.1 Å². The Morgan fingerprint density at radius 3 is 2.26 bits per heavy atom. The fourth-order valence-corrected chi connectivity index (χ4v) is 6.18. The molecule has 9 nitrogen and oxygen atoms in total. The molecule has 1 aliphatic rings. The van der Waals surface area contributed by atoms with Gasteiger partial charge < -0.3 is 18.9 Å². The molecule has 0 aliphatic carbocycles. The van der Waals surface area contributed by atoms with Crippen LogP contribution in [0.3, 0.4) is 0 Å². The number of benzene rings is 3. The Kier molecular flexibility index (Phi) is 10.2. The zero-order chi connectivity index (χ0) is 32.8. The number of ether oxygens (including phenoxy) is 4. The van der Waals surface area contributed by atoms with Crippen LogP contribution in [0.4, 0.5) is 0 Å². The smallest absolute Gasteiger partial charge is 0.338 e. The van der Waals surface area contributed by atoms with Crippen molar-refractivity contribution in [2.24, 2.45) is 4.99 Å². The van der Waals surface area contributed by atoms with Crippen LogP contribution >= 0.6 is 11.3 Å². The molecule has 0 amide bonds. The van der Waals surface area contributed by atoms with Gasteiger partial charge in [-0.1, -0.05) is 59.9 Å². The van der Waals surface area contributed by atoms with Gasteiger partial charge in [0.15, 0.2) is 4.80 Å². The lowest BCUT2D eigenvalue weighted by atomic mass is 9.95. The number of esters is 2. The summed E-state index contributed by atoms with van der Waals surface area (Å²) in [7, 11) is 0. The predicted octanol–water partition coefficient (Wildman–Crippen LogP) is 5.34. The summed E-state index contributed by atoms with van der Waals surface area (Å²) < 4.78 is 24.8. The molecule has 5 rings (SSSR count). The molecule has 0 saturated carbocycles. The average Bonchev–Trinajstić information content (AvgIpc) is 3.34. The Morgan fingerprint density at radius 2 is 1.57 bits per heavy atom. The molecule has 10 heteroatoms. The minimum atomic E-state index is -0.795. The van der Waals surface area contributed by atoms with Gasteiger partial charge in [0.05, 0.1) is 40.7 Å². The van der Waals surface area contributed by atoms with Crippen LogP contribution in [0.5, 0.6) is 11.5 Å². The first kappa shape index (κ1) is 32.4. The van der Waals surface area contributed by atoms with E-state index in [0.717, 1.165) is 5.56 Å². The zero-order valence-corrected chi connectivity index (χ0v) is 27.3. The molecule has 46 heavy (non-hydrogen) atoms. The molecule has 0 radical (unpaired) electrons. The second-order valence-corrected chi connectivity index (χ2v) is 11.8. The third-order valence-corrected chi connectivity index (χ3v) is 8.14. The molecular weight excluding hydrogens is 604 g/mol. The molecule has 1 aromatic heterocycles. The highest BCUT2D eigenvalue weighted by molar-refractivity contribution is 7.07. The van der Waals surface area contributed by atoms with Crippen molar-refractivity contribution < 1.29 is 28.5 Å². The lowest BCUT2D eigenvalue weighted by Gasteiger charge is -2.26. The summed E-state index contributed by atoms with van der Waals surface area (Å²) in [6.07, 6.45) is 1.65. The molecule has 3 aromatic carbocycles. The average molecular weight is 641 g/mol. The standard InChI is InChI=1S/C36H36N2O7S/c1-6-42-34(40)25-18-16-24(17-19-25)21-44-28-14-10-8-12-26(28)20-30-33(39)38-32(27-13-9-11-15-29(27)45-22(3)4)31(35(41)43-7-2)23(5)37-36(38)46-30/h8-20,22,32H,6-7,21H2,1-5H3/b30-20-/t32-/m1/s1. The molecule has 0 unspecified atom stereocenters. The summed E-state index contributed by atoms with van der Waals surface area (Å²) in [6, 6.07) is 21.1. The second kappa shape index (κ2) is 14.4. The Labute approximate surface area is 271 Å². The molecule has 0 N–H and O–H groups in total. The van der Waals surface area contributed by atoms with Crippen LogP contribution in [0, 0.1) is 0 Å². The van der Waals surface area contributed by atoms with E-state index in [1.54, 1.807) is 43.5 Å². The fourth-order valence-electron chi connectivity index (χ4n) is 5.14. The Bertz CT molecular complexity index is 1950. The fraction of sp³-hybridized carbons (Fsp3) is 0.278. The van der Waals surface area contributed by atoms with E-state index < -0.39 is 12.0 Å². The third-order valence-electron chi connectivity index (χ3n) is 7.16. The maximum atomic E-state index is 14.2. The van der Waals surface area contributed by atoms with Crippen LogP contribution < -0.4 is 24.4 Å². The highest BCUT2D eigenvalue weighted by atomic mass is 32.1. The molecule has 2 heterocycles. The molecular formula is C36H36N2O7S. The highest BCUT2D eigenvalue weighted by Gasteiger charge is 2.35. The van der Waals surface area contributed by atoms with Gasteiger partial charge in [0, 0.05) is 11.1 Å². The van der Waals surface area contributed by atoms with Crippen molar-refractivity contribution in [2.75, 3.05) is 13.2 Å². The molecule has 0 fully saturated rings. The van der Waals surface area contributed by atoms with Gasteiger partial charge in [0.2, 0.25) is 0 Å². The van der Waals surface area contributed by atoms with E-state index >= 15 is 0 Å². The lowest BCUT2D eigenvalue weighted by molar-refractivity contribution is -0.139. The Hall–Kier alpha value is -4.96. The van der Waals surface area contributed by atoms with Crippen molar-refractivity contribution in [1.29, 1.82) is 0 Å². The van der Waals surface area contributed by atoms with Gasteiger partial charge in [-0.25, -0.2) is 14.6 Å². The molecule has 1 atom stereocenters. The van der Waals surface area contributed by atoms with Crippen molar-refractivity contribution in [3.63, 3.8) is 0 Å². The number of allylic oxidation sites excluding steroid dienone is 1. The first-order valence-corrected chi connectivity index (χ1v) is 16.0. The van der Waals surface area contributed by atoms with E-state index in [1.807, 2.05) is 74.5 Å². The van der Waals surface area contributed by atoms with Gasteiger partial charge >= 0.3 is 11.9 Å². The number of nitrogens with zero attached hydrogens (tertiary/aromatic N) is 2. The van der Waals surface area contributed by atoms with E-state index in [1.165, 1.54) is 11.3 Å². The van der Waals surface area contributed by atoms with Crippen LogP contribution in [0.1, 0.15) is 67.7 Å². The van der Waals surface area contributed by atoms with E-state index in [2.05, 4.69) is 4.99 Å². The SMILES string of the molecule is CCOC(=O)C1=C(C)N=c2s/c(=C\c3ccccc3OCc3ccc(C(=O)OCC)cc3)c(=O)n2[C@@H]1c1ccccc1OC(C)C. The molecule has 238 valence electrons. The molecule has 4 aromatic rings. The van der Waals surface area contributed by atoms with Gasteiger partial charge in [0.25, 0.3) is 5.56 Å². The number of carbonyl (C=O) groups excluding carboxylic acids is 2. The number of carbonyl (C=O) groups is 2. The monoisotopic (exact) mass is 640 g/mol. The summed E-state index contributed by atoms with van der Waals surface area (Å²) in [6.45, 7) is 9.86. The zero-order valence-electron chi connectivity index (χ0n) is 26.4. The normalized spacial score (nSPS) is 14.5. The maximum absolute atomic E-state index is 14.2. The number of fused-ring (bicyclic) bond motifs is 1. The number of rotatable bonds is 11. The predicted molar refractivity (Wildman–Crippen MR) is 176 cm³/mol. The molecule has 0 saturated heterocycles. The van der Waals surface area contributed by atoms with E-state index in [-0.39, 0.29) is 30.8 Å². The van der Waals surface area contributed by atoms with Gasteiger partial charge in [-0.3, -0.25) is 9.36 Å². The van der Waals surface area contributed by atoms with Crippen molar-refractivity contribution in [1.82, 2.24) is 4.57 Å².